The van der Waals surface area contributed by atoms with Gasteiger partial charge in [0, 0.05) is 12.1 Å². The highest BCUT2D eigenvalue weighted by molar-refractivity contribution is 5.20. The van der Waals surface area contributed by atoms with Gasteiger partial charge in [-0.3, -0.25) is 0 Å². The van der Waals surface area contributed by atoms with Gasteiger partial charge in [0.1, 0.15) is 0 Å². The van der Waals surface area contributed by atoms with Gasteiger partial charge < -0.3 is 5.32 Å². The molecule has 0 aliphatic heterocycles. The average Bonchev–Trinajstić information content (AvgIpc) is 3.29. The van der Waals surface area contributed by atoms with Gasteiger partial charge >= 0.3 is 0 Å². The molecule has 1 N–H and O–H groups in total. The summed E-state index contributed by atoms with van der Waals surface area (Å²) in [6.07, 6.45) is 6.08. The first-order valence-corrected chi connectivity index (χ1v) is 7.06. The van der Waals surface area contributed by atoms with Gasteiger partial charge in [-0.1, -0.05) is 30.3 Å². The normalized spacial score (nSPS) is 20.7. The van der Waals surface area contributed by atoms with Gasteiger partial charge in [-0.05, 0) is 43.1 Å². The lowest BCUT2D eigenvalue weighted by Crippen LogP contribution is -2.36. The van der Waals surface area contributed by atoms with Crippen molar-refractivity contribution in [3.05, 3.63) is 35.9 Å². The van der Waals surface area contributed by atoms with E-state index in [1.54, 1.807) is 0 Å². The molecule has 0 spiro atoms. The minimum absolute atomic E-state index is 0.211. The first-order valence-electron chi connectivity index (χ1n) is 7.06. The maximum Gasteiger partial charge on any atom is 0.0641 e. The molecule has 1 aromatic carbocycles. The molecule has 2 heteroatoms. The molecule has 0 radical (unpaired) electrons. The zero-order chi connectivity index (χ0) is 12.4. The molecule has 1 atom stereocenters. The van der Waals surface area contributed by atoms with Crippen molar-refractivity contribution < 1.29 is 0 Å². The van der Waals surface area contributed by atoms with Crippen LogP contribution in [-0.2, 0) is 0 Å². The van der Waals surface area contributed by atoms with E-state index in [4.69, 9.17) is 5.26 Å². The fourth-order valence-electron chi connectivity index (χ4n) is 2.85. The predicted molar refractivity (Wildman–Crippen MR) is 71.8 cm³/mol. The van der Waals surface area contributed by atoms with E-state index < -0.39 is 0 Å². The van der Waals surface area contributed by atoms with Crippen LogP contribution in [0.1, 0.15) is 43.7 Å². The molecule has 0 saturated heterocycles. The topological polar surface area (TPSA) is 35.8 Å². The Morgan fingerprint density at radius 2 is 1.72 bits per heavy atom. The van der Waals surface area contributed by atoms with E-state index in [1.807, 2.05) is 6.07 Å². The summed E-state index contributed by atoms with van der Waals surface area (Å²) in [6.45, 7) is 0. The fourth-order valence-corrected chi connectivity index (χ4v) is 2.85. The lowest BCUT2D eigenvalue weighted by atomic mass is 10.00. The summed E-state index contributed by atoms with van der Waals surface area (Å²) in [5.41, 5.74) is 1.25. The second-order valence-electron chi connectivity index (χ2n) is 5.69. The molecule has 94 valence electrons. The van der Waals surface area contributed by atoms with Crippen molar-refractivity contribution >= 4 is 0 Å². The van der Waals surface area contributed by atoms with Crippen molar-refractivity contribution in [2.75, 3.05) is 0 Å². The van der Waals surface area contributed by atoms with Gasteiger partial charge in [0.25, 0.3) is 0 Å². The van der Waals surface area contributed by atoms with E-state index in [1.165, 1.54) is 31.2 Å². The molecule has 1 aromatic rings. The van der Waals surface area contributed by atoms with Crippen molar-refractivity contribution in [3.63, 3.8) is 0 Å². The molecule has 0 heterocycles. The molecule has 2 aliphatic carbocycles. The van der Waals surface area contributed by atoms with Gasteiger partial charge in [-0.2, -0.15) is 5.26 Å². The predicted octanol–water partition coefficient (Wildman–Crippen LogP) is 3.42. The minimum atomic E-state index is 0.211. The van der Waals surface area contributed by atoms with E-state index >= 15 is 0 Å². The van der Waals surface area contributed by atoms with Crippen LogP contribution in [0.2, 0.25) is 0 Å². The van der Waals surface area contributed by atoms with Crippen molar-refractivity contribution in [2.24, 2.45) is 11.8 Å². The molecule has 0 aromatic heterocycles. The third-order valence-electron chi connectivity index (χ3n) is 4.15. The van der Waals surface area contributed by atoms with Crippen LogP contribution in [0.3, 0.4) is 0 Å². The number of hydrogen-bond donors (Lipinski definition) is 1. The Labute approximate surface area is 109 Å². The van der Waals surface area contributed by atoms with Gasteiger partial charge in [0.2, 0.25) is 0 Å². The highest BCUT2D eigenvalue weighted by Crippen LogP contribution is 2.45. The highest BCUT2D eigenvalue weighted by atomic mass is 15.0. The van der Waals surface area contributed by atoms with Crippen molar-refractivity contribution in [1.29, 1.82) is 5.26 Å². The second-order valence-corrected chi connectivity index (χ2v) is 5.69. The summed E-state index contributed by atoms with van der Waals surface area (Å²) in [5.74, 6) is 1.75. The maximum atomic E-state index is 9.03. The van der Waals surface area contributed by atoms with Gasteiger partial charge in [-0.25, -0.2) is 0 Å². The molecule has 2 saturated carbocycles. The van der Waals surface area contributed by atoms with Crippen LogP contribution in [0.4, 0.5) is 0 Å². The van der Waals surface area contributed by atoms with Crippen molar-refractivity contribution in [2.45, 2.75) is 44.2 Å². The van der Waals surface area contributed by atoms with E-state index in [0.29, 0.717) is 12.5 Å². The van der Waals surface area contributed by atoms with Crippen LogP contribution in [0.25, 0.3) is 0 Å². The monoisotopic (exact) mass is 240 g/mol. The number of nitrogens with zero attached hydrogens (tertiary/aromatic N) is 1. The van der Waals surface area contributed by atoms with Crippen molar-refractivity contribution in [1.82, 2.24) is 5.32 Å². The Morgan fingerprint density at radius 1 is 1.11 bits per heavy atom. The quantitative estimate of drug-likeness (QED) is 0.827. The average molecular weight is 240 g/mol. The molecule has 2 fully saturated rings. The Balaban J connectivity index is 1.71. The zero-order valence-electron chi connectivity index (χ0n) is 10.7. The minimum Gasteiger partial charge on any atom is -0.306 e. The summed E-state index contributed by atoms with van der Waals surface area (Å²) in [5, 5.41) is 12.8. The third-order valence-corrected chi connectivity index (χ3v) is 4.15. The van der Waals surface area contributed by atoms with Crippen LogP contribution in [0.5, 0.6) is 0 Å². The SMILES string of the molecule is N#CCC(NC(C1CC1)C1CC1)c1ccccc1. The molecule has 1 unspecified atom stereocenters. The van der Waals surface area contributed by atoms with Crippen molar-refractivity contribution in [3.8, 4) is 6.07 Å². The Morgan fingerprint density at radius 3 is 2.22 bits per heavy atom. The summed E-state index contributed by atoms with van der Waals surface area (Å²) in [6, 6.07) is 13.6. The van der Waals surface area contributed by atoms with E-state index in [2.05, 4.69) is 35.7 Å². The van der Waals surface area contributed by atoms with E-state index in [9.17, 15) is 0 Å². The summed E-state index contributed by atoms with van der Waals surface area (Å²) < 4.78 is 0. The van der Waals surface area contributed by atoms with E-state index in [-0.39, 0.29) is 6.04 Å². The molecule has 0 bridgehead atoms. The van der Waals surface area contributed by atoms with Crippen LogP contribution >= 0.6 is 0 Å². The first-order chi connectivity index (χ1) is 8.88. The Hall–Kier alpha value is -1.33. The number of nitriles is 1. The van der Waals surface area contributed by atoms with Gasteiger partial charge in [-0.15, -0.1) is 0 Å². The number of benzene rings is 1. The Bertz CT molecular complexity index is 414. The summed E-state index contributed by atoms with van der Waals surface area (Å²) in [4.78, 5) is 0. The zero-order valence-corrected chi connectivity index (χ0v) is 10.7. The highest BCUT2D eigenvalue weighted by Gasteiger charge is 2.42. The standard InChI is InChI=1S/C16H20N2/c17-11-10-15(12-4-2-1-3-5-12)18-16(13-6-7-13)14-8-9-14/h1-5,13-16,18H,6-10H2. The van der Waals surface area contributed by atoms with Crippen LogP contribution in [-0.4, -0.2) is 6.04 Å². The molecule has 2 nitrogen and oxygen atoms in total. The Kier molecular flexibility index (Phi) is 3.34. The van der Waals surface area contributed by atoms with Crippen LogP contribution in [0.15, 0.2) is 30.3 Å². The largest absolute Gasteiger partial charge is 0.306 e. The number of hydrogen-bond acceptors (Lipinski definition) is 2. The molecule has 18 heavy (non-hydrogen) atoms. The second kappa shape index (κ2) is 5.12. The molecular weight excluding hydrogens is 220 g/mol. The molecule has 3 rings (SSSR count). The third kappa shape index (κ3) is 2.73. The fraction of sp³-hybridized carbons (Fsp3) is 0.562. The molecule has 2 aliphatic rings. The van der Waals surface area contributed by atoms with E-state index in [0.717, 1.165) is 11.8 Å². The first kappa shape index (κ1) is 11.7. The molecule has 0 amide bonds. The van der Waals surface area contributed by atoms with Gasteiger partial charge in [0.15, 0.2) is 0 Å². The lowest BCUT2D eigenvalue weighted by molar-refractivity contribution is 0.367. The number of nitrogens with one attached hydrogen (secondary N) is 1. The summed E-state index contributed by atoms with van der Waals surface area (Å²) >= 11 is 0. The maximum absolute atomic E-state index is 9.03. The number of rotatable bonds is 6. The van der Waals surface area contributed by atoms with Crippen LogP contribution < -0.4 is 5.32 Å². The van der Waals surface area contributed by atoms with Crippen LogP contribution in [0, 0.1) is 23.2 Å². The van der Waals surface area contributed by atoms with Gasteiger partial charge in [0.05, 0.1) is 12.5 Å². The smallest absolute Gasteiger partial charge is 0.0641 e. The lowest BCUT2D eigenvalue weighted by Gasteiger charge is -2.24. The summed E-state index contributed by atoms with van der Waals surface area (Å²) in [7, 11) is 0. The molecular formula is C16H20N2.